The molecule has 0 aromatic heterocycles. The van der Waals surface area contributed by atoms with Crippen LogP contribution in [0.4, 0.5) is 11.4 Å². The Balaban J connectivity index is 1.44. The number of nitrogens with one attached hydrogen (secondary N) is 2. The second kappa shape index (κ2) is 10.1. The summed E-state index contributed by atoms with van der Waals surface area (Å²) in [5, 5.41) is 5.92. The molecule has 4 rings (SSSR count). The fourth-order valence-corrected chi connectivity index (χ4v) is 4.06. The fraction of sp³-hybridized carbons (Fsp3) is 0.259. The number of anilines is 2. The van der Waals surface area contributed by atoms with Crippen LogP contribution in [0.25, 0.3) is 0 Å². The van der Waals surface area contributed by atoms with Crippen LogP contribution in [0.2, 0.25) is 0 Å². The molecule has 1 heterocycles. The molecule has 0 saturated carbocycles. The highest BCUT2D eigenvalue weighted by atomic mass is 16.2. The molecule has 0 radical (unpaired) electrons. The third-order valence-corrected chi connectivity index (χ3v) is 5.92. The Labute approximate surface area is 189 Å². The molecule has 2 amide bonds. The van der Waals surface area contributed by atoms with E-state index in [1.54, 1.807) is 18.2 Å². The van der Waals surface area contributed by atoms with E-state index in [1.165, 1.54) is 19.3 Å². The lowest BCUT2D eigenvalue weighted by atomic mass is 10.1. The molecule has 32 heavy (non-hydrogen) atoms. The largest absolute Gasteiger partial charge is 0.372 e. The van der Waals surface area contributed by atoms with Crippen molar-refractivity contribution in [2.24, 2.45) is 0 Å². The SMILES string of the molecule is CC(NC(=O)c1ccccc1NC(=O)c1ccc(N2CCCCC2)cc1)c1ccccc1. The minimum absolute atomic E-state index is 0.144. The van der Waals surface area contributed by atoms with Gasteiger partial charge in [-0.15, -0.1) is 0 Å². The summed E-state index contributed by atoms with van der Waals surface area (Å²) in [6.45, 7) is 4.07. The van der Waals surface area contributed by atoms with Crippen LogP contribution >= 0.6 is 0 Å². The van der Waals surface area contributed by atoms with E-state index in [1.807, 2.05) is 67.6 Å². The van der Waals surface area contributed by atoms with E-state index in [4.69, 9.17) is 0 Å². The first-order valence-electron chi connectivity index (χ1n) is 11.2. The van der Waals surface area contributed by atoms with Crippen LogP contribution in [0.1, 0.15) is 58.5 Å². The number of amides is 2. The summed E-state index contributed by atoms with van der Waals surface area (Å²) in [4.78, 5) is 28.1. The molecule has 0 aliphatic carbocycles. The molecule has 1 unspecified atom stereocenters. The van der Waals surface area contributed by atoms with Crippen LogP contribution in [0, 0.1) is 0 Å². The van der Waals surface area contributed by atoms with E-state index in [9.17, 15) is 9.59 Å². The van der Waals surface area contributed by atoms with Crippen molar-refractivity contribution in [1.29, 1.82) is 0 Å². The Morgan fingerprint density at radius 2 is 1.44 bits per heavy atom. The van der Waals surface area contributed by atoms with Crippen molar-refractivity contribution >= 4 is 23.2 Å². The van der Waals surface area contributed by atoms with Gasteiger partial charge in [0.1, 0.15) is 0 Å². The van der Waals surface area contributed by atoms with Crippen molar-refractivity contribution in [2.45, 2.75) is 32.2 Å². The third kappa shape index (κ3) is 5.17. The van der Waals surface area contributed by atoms with Crippen LogP contribution in [-0.4, -0.2) is 24.9 Å². The first kappa shape index (κ1) is 21.6. The van der Waals surface area contributed by atoms with Gasteiger partial charge in [-0.3, -0.25) is 9.59 Å². The second-order valence-electron chi connectivity index (χ2n) is 8.20. The highest BCUT2D eigenvalue weighted by Crippen LogP contribution is 2.22. The third-order valence-electron chi connectivity index (χ3n) is 5.92. The van der Waals surface area contributed by atoms with Crippen molar-refractivity contribution in [2.75, 3.05) is 23.3 Å². The van der Waals surface area contributed by atoms with Gasteiger partial charge >= 0.3 is 0 Å². The van der Waals surface area contributed by atoms with Gasteiger partial charge in [-0.2, -0.15) is 0 Å². The predicted octanol–water partition coefficient (Wildman–Crippen LogP) is 5.42. The molecule has 3 aromatic rings. The molecule has 1 atom stereocenters. The average Bonchev–Trinajstić information content (AvgIpc) is 2.85. The smallest absolute Gasteiger partial charge is 0.255 e. The van der Waals surface area contributed by atoms with Crippen LogP contribution < -0.4 is 15.5 Å². The molecule has 1 fully saturated rings. The molecular formula is C27H29N3O2. The fourth-order valence-electron chi connectivity index (χ4n) is 4.06. The summed E-state index contributed by atoms with van der Waals surface area (Å²) >= 11 is 0. The zero-order valence-electron chi connectivity index (χ0n) is 18.4. The molecule has 3 aromatic carbocycles. The number of benzene rings is 3. The zero-order valence-corrected chi connectivity index (χ0v) is 18.4. The van der Waals surface area contributed by atoms with Gasteiger partial charge in [0.15, 0.2) is 0 Å². The number of hydrogen-bond donors (Lipinski definition) is 2. The van der Waals surface area contributed by atoms with Gasteiger partial charge in [0.05, 0.1) is 17.3 Å². The van der Waals surface area contributed by atoms with Gasteiger partial charge in [0.25, 0.3) is 11.8 Å². The molecule has 1 aliphatic heterocycles. The number of rotatable bonds is 6. The number of piperidine rings is 1. The molecule has 0 bridgehead atoms. The van der Waals surface area contributed by atoms with Crippen molar-refractivity contribution < 1.29 is 9.59 Å². The molecular weight excluding hydrogens is 398 g/mol. The highest BCUT2D eigenvalue weighted by Gasteiger charge is 2.17. The van der Waals surface area contributed by atoms with E-state index >= 15 is 0 Å². The number of nitrogens with zero attached hydrogens (tertiary/aromatic N) is 1. The number of hydrogen-bond acceptors (Lipinski definition) is 3. The van der Waals surface area contributed by atoms with E-state index in [0.29, 0.717) is 16.8 Å². The summed E-state index contributed by atoms with van der Waals surface area (Å²) in [5.74, 6) is -0.454. The number of para-hydroxylation sites is 1. The van der Waals surface area contributed by atoms with Gasteiger partial charge < -0.3 is 15.5 Å². The normalized spacial score (nSPS) is 14.5. The molecule has 5 nitrogen and oxygen atoms in total. The molecule has 1 aliphatic rings. The lowest BCUT2D eigenvalue weighted by Crippen LogP contribution is -2.29. The predicted molar refractivity (Wildman–Crippen MR) is 129 cm³/mol. The topological polar surface area (TPSA) is 61.4 Å². The maximum absolute atomic E-state index is 12.9. The van der Waals surface area contributed by atoms with Crippen molar-refractivity contribution in [3.63, 3.8) is 0 Å². The standard InChI is InChI=1S/C27H29N3O2/c1-20(21-10-4-2-5-11-21)28-27(32)24-12-6-7-13-25(24)29-26(31)22-14-16-23(17-15-22)30-18-8-3-9-19-30/h2,4-7,10-17,20H,3,8-9,18-19H2,1H3,(H,28,32)(H,29,31). The molecule has 1 saturated heterocycles. The Hall–Kier alpha value is -3.60. The number of carbonyl (C=O) groups is 2. The van der Waals surface area contributed by atoms with E-state index in [0.717, 1.165) is 24.3 Å². The Morgan fingerprint density at radius 3 is 2.16 bits per heavy atom. The maximum Gasteiger partial charge on any atom is 0.255 e. The van der Waals surface area contributed by atoms with Crippen molar-refractivity contribution in [3.05, 3.63) is 95.6 Å². The maximum atomic E-state index is 12.9. The van der Waals surface area contributed by atoms with E-state index in [2.05, 4.69) is 15.5 Å². The minimum Gasteiger partial charge on any atom is -0.372 e. The Bertz CT molecular complexity index is 1060. The quantitative estimate of drug-likeness (QED) is 0.552. The summed E-state index contributed by atoms with van der Waals surface area (Å²) in [6, 6.07) is 24.4. The summed E-state index contributed by atoms with van der Waals surface area (Å²) in [5.41, 5.74) is 3.68. The van der Waals surface area contributed by atoms with Crippen molar-refractivity contribution in [1.82, 2.24) is 5.32 Å². The molecule has 164 valence electrons. The number of carbonyl (C=O) groups excluding carboxylic acids is 2. The summed E-state index contributed by atoms with van der Waals surface area (Å²) in [7, 11) is 0. The zero-order chi connectivity index (χ0) is 22.3. The van der Waals surface area contributed by atoms with Gasteiger partial charge in [-0.1, -0.05) is 42.5 Å². The van der Waals surface area contributed by atoms with E-state index < -0.39 is 0 Å². The van der Waals surface area contributed by atoms with Crippen LogP contribution in [-0.2, 0) is 0 Å². The second-order valence-corrected chi connectivity index (χ2v) is 8.20. The molecule has 2 N–H and O–H groups in total. The summed E-state index contributed by atoms with van der Waals surface area (Å²) in [6.07, 6.45) is 3.71. The Morgan fingerprint density at radius 1 is 0.781 bits per heavy atom. The van der Waals surface area contributed by atoms with Gasteiger partial charge in [-0.25, -0.2) is 0 Å². The van der Waals surface area contributed by atoms with Crippen molar-refractivity contribution in [3.8, 4) is 0 Å². The first-order chi connectivity index (χ1) is 15.6. The van der Waals surface area contributed by atoms with Crippen LogP contribution in [0.15, 0.2) is 78.9 Å². The first-order valence-corrected chi connectivity index (χ1v) is 11.2. The van der Waals surface area contributed by atoms with Gasteiger partial charge in [-0.05, 0) is 68.1 Å². The van der Waals surface area contributed by atoms with Gasteiger partial charge in [0, 0.05) is 24.3 Å². The molecule has 0 spiro atoms. The minimum atomic E-state index is -0.230. The highest BCUT2D eigenvalue weighted by molar-refractivity contribution is 6.09. The molecule has 5 heteroatoms. The summed E-state index contributed by atoms with van der Waals surface area (Å²) < 4.78 is 0. The lowest BCUT2D eigenvalue weighted by molar-refractivity contribution is 0.0941. The monoisotopic (exact) mass is 427 g/mol. The van der Waals surface area contributed by atoms with E-state index in [-0.39, 0.29) is 17.9 Å². The Kier molecular flexibility index (Phi) is 6.85. The van der Waals surface area contributed by atoms with Gasteiger partial charge in [0.2, 0.25) is 0 Å². The average molecular weight is 428 g/mol. The van der Waals surface area contributed by atoms with Crippen LogP contribution in [0.5, 0.6) is 0 Å². The lowest BCUT2D eigenvalue weighted by Gasteiger charge is -2.28. The van der Waals surface area contributed by atoms with Crippen LogP contribution in [0.3, 0.4) is 0 Å².